The number of rotatable bonds is 6. The quantitative estimate of drug-likeness (QED) is 0.179. The molecular weight excluding hydrogens is 562 g/mol. The maximum absolute atomic E-state index is 11.7. The summed E-state index contributed by atoms with van der Waals surface area (Å²) in [5.74, 6) is 1.70. The minimum absolute atomic E-state index is 0.0245. The Bertz CT molecular complexity index is 2260. The number of nitrogens with one attached hydrogen (secondary N) is 1. The number of anilines is 2. The summed E-state index contributed by atoms with van der Waals surface area (Å²) < 4.78 is 2.07. The van der Waals surface area contributed by atoms with E-state index in [9.17, 15) is 9.90 Å². The highest BCUT2D eigenvalue weighted by atomic mass is 16.3. The summed E-state index contributed by atoms with van der Waals surface area (Å²) in [6.45, 7) is 0. The molecule has 1 aliphatic rings. The Kier molecular flexibility index (Phi) is 6.23. The molecule has 7 aromatic rings. The number of nitrogen functional groups attached to an aromatic ring is 1. The molecule has 0 radical (unpaired) electrons. The number of aryl methyl sites for hydroxylation is 1. The van der Waals surface area contributed by atoms with Crippen molar-refractivity contribution in [2.75, 3.05) is 11.1 Å². The van der Waals surface area contributed by atoms with Crippen LogP contribution in [0.5, 0.6) is 5.75 Å². The predicted molar refractivity (Wildman–Crippen MR) is 175 cm³/mol. The number of phenolic OH excluding ortho intramolecular Hbond substituents is 1. The standard InChI is InChI=1S/C36H27N7O2/c37-33-27(7-4-17-38-33)35-42-31-14-13-29(21-5-2-1-3-6-21)41-36(31)43(35)23-9-10-24-22(19-23)8-12-30(24)40-34-26-11-15-32(45)28(20-44)25(26)16-18-39-34/h1-7,9-11,13-20,30,45H,8,12H2,(H2,37,38)(H,39,40)/t30-/m0/s1. The fourth-order valence-corrected chi connectivity index (χ4v) is 6.32. The largest absolute Gasteiger partial charge is 0.507 e. The monoisotopic (exact) mass is 589 g/mol. The first-order valence-electron chi connectivity index (χ1n) is 14.7. The van der Waals surface area contributed by atoms with E-state index in [0.29, 0.717) is 29.1 Å². The number of carbonyl (C=O) groups is 1. The van der Waals surface area contributed by atoms with E-state index in [1.165, 1.54) is 17.2 Å². The van der Waals surface area contributed by atoms with Crippen molar-refractivity contribution in [1.82, 2.24) is 24.5 Å². The van der Waals surface area contributed by atoms with Gasteiger partial charge < -0.3 is 16.2 Å². The van der Waals surface area contributed by atoms with Crippen molar-refractivity contribution in [2.45, 2.75) is 18.9 Å². The molecule has 1 aliphatic carbocycles. The van der Waals surface area contributed by atoms with E-state index in [1.807, 2.05) is 54.6 Å². The lowest BCUT2D eigenvalue weighted by molar-refractivity contribution is 0.112. The van der Waals surface area contributed by atoms with Gasteiger partial charge in [0.2, 0.25) is 0 Å². The predicted octanol–water partition coefficient (Wildman–Crippen LogP) is 6.90. The van der Waals surface area contributed by atoms with Crippen LogP contribution in [-0.2, 0) is 6.42 Å². The molecule has 0 spiro atoms. The number of aldehydes is 1. The van der Waals surface area contributed by atoms with Gasteiger partial charge in [0.05, 0.1) is 22.9 Å². The van der Waals surface area contributed by atoms with E-state index in [0.717, 1.165) is 51.9 Å². The fraction of sp³-hybridized carbons (Fsp3) is 0.0833. The highest BCUT2D eigenvalue weighted by molar-refractivity contribution is 6.04. The van der Waals surface area contributed by atoms with Crippen LogP contribution < -0.4 is 11.1 Å². The molecule has 4 heterocycles. The molecule has 0 fully saturated rings. The second-order valence-corrected chi connectivity index (χ2v) is 11.1. The van der Waals surface area contributed by atoms with Crippen LogP contribution in [0, 0.1) is 0 Å². The van der Waals surface area contributed by atoms with Gasteiger partial charge in [-0.2, -0.15) is 0 Å². The molecule has 1 atom stereocenters. The van der Waals surface area contributed by atoms with Crippen molar-refractivity contribution in [3.63, 3.8) is 0 Å². The minimum Gasteiger partial charge on any atom is -0.507 e. The van der Waals surface area contributed by atoms with Gasteiger partial charge in [-0.3, -0.25) is 9.36 Å². The fourth-order valence-electron chi connectivity index (χ4n) is 6.32. The molecule has 4 N–H and O–H groups in total. The van der Waals surface area contributed by atoms with Crippen molar-refractivity contribution >= 4 is 39.9 Å². The van der Waals surface area contributed by atoms with Crippen LogP contribution in [0.4, 0.5) is 11.6 Å². The van der Waals surface area contributed by atoms with Crippen molar-refractivity contribution < 1.29 is 9.90 Å². The SMILES string of the molecule is Nc1ncccc1-c1nc2ccc(-c3ccccc3)nc2n1-c1ccc2c(c1)CC[C@@H]2Nc1nccc2c(C=O)c(O)ccc12. The highest BCUT2D eigenvalue weighted by Crippen LogP contribution is 2.39. The van der Waals surface area contributed by atoms with Gasteiger partial charge in [-0.05, 0) is 78.6 Å². The maximum Gasteiger partial charge on any atom is 0.165 e. The third-order valence-corrected chi connectivity index (χ3v) is 8.51. The Balaban J connectivity index is 1.22. The molecule has 9 nitrogen and oxygen atoms in total. The van der Waals surface area contributed by atoms with Gasteiger partial charge in [-0.1, -0.05) is 36.4 Å². The van der Waals surface area contributed by atoms with Gasteiger partial charge in [0.1, 0.15) is 22.9 Å². The van der Waals surface area contributed by atoms with Crippen LogP contribution in [0.3, 0.4) is 0 Å². The number of fused-ring (bicyclic) bond motifs is 3. The molecule has 0 bridgehead atoms. The number of hydrogen-bond acceptors (Lipinski definition) is 8. The number of aromatic hydroxyl groups is 1. The molecule has 45 heavy (non-hydrogen) atoms. The summed E-state index contributed by atoms with van der Waals surface area (Å²) in [7, 11) is 0. The Morgan fingerprint density at radius 2 is 1.78 bits per heavy atom. The second-order valence-electron chi connectivity index (χ2n) is 11.1. The van der Waals surface area contributed by atoms with Crippen molar-refractivity contribution in [3.05, 3.63) is 120 Å². The summed E-state index contributed by atoms with van der Waals surface area (Å²) in [6.07, 6.45) is 5.75. The van der Waals surface area contributed by atoms with E-state index in [2.05, 4.69) is 38.1 Å². The highest BCUT2D eigenvalue weighted by Gasteiger charge is 2.26. The second kappa shape index (κ2) is 10.6. The van der Waals surface area contributed by atoms with Crippen LogP contribution in [0.1, 0.15) is 33.9 Å². The number of nitrogens with two attached hydrogens (primary N) is 1. The van der Waals surface area contributed by atoms with E-state index in [4.69, 9.17) is 15.7 Å². The number of nitrogens with zero attached hydrogens (tertiary/aromatic N) is 5. The molecule has 0 saturated carbocycles. The molecule has 8 rings (SSSR count). The van der Waals surface area contributed by atoms with Gasteiger partial charge in [0, 0.05) is 34.4 Å². The van der Waals surface area contributed by atoms with Crippen LogP contribution in [0.2, 0.25) is 0 Å². The summed E-state index contributed by atoms with van der Waals surface area (Å²) in [6, 6.07) is 29.4. The maximum atomic E-state index is 11.7. The zero-order valence-electron chi connectivity index (χ0n) is 24.1. The first-order chi connectivity index (χ1) is 22.1. The lowest BCUT2D eigenvalue weighted by Crippen LogP contribution is -2.09. The number of pyridine rings is 3. The van der Waals surface area contributed by atoms with Crippen molar-refractivity contribution in [1.29, 1.82) is 0 Å². The van der Waals surface area contributed by atoms with Crippen molar-refractivity contribution in [2.24, 2.45) is 0 Å². The van der Waals surface area contributed by atoms with Crippen LogP contribution in [0.15, 0.2) is 103 Å². The van der Waals surface area contributed by atoms with Crippen LogP contribution in [-0.4, -0.2) is 35.9 Å². The topological polar surface area (TPSA) is 132 Å². The first kappa shape index (κ1) is 26.5. The summed E-state index contributed by atoms with van der Waals surface area (Å²) in [5, 5.41) is 15.2. The van der Waals surface area contributed by atoms with E-state index >= 15 is 0 Å². The normalized spacial score (nSPS) is 14.1. The molecular formula is C36H27N7O2. The average molecular weight is 590 g/mol. The Labute approximate surface area is 258 Å². The number of hydrogen-bond donors (Lipinski definition) is 3. The minimum atomic E-state index is -0.0433. The third-order valence-electron chi connectivity index (χ3n) is 8.51. The van der Waals surface area contributed by atoms with Gasteiger partial charge in [-0.15, -0.1) is 0 Å². The number of carbonyl (C=O) groups excluding carboxylic acids is 1. The molecule has 218 valence electrons. The Hall–Kier alpha value is -6.09. The van der Waals surface area contributed by atoms with Crippen molar-refractivity contribution in [3.8, 4) is 34.1 Å². The van der Waals surface area contributed by atoms with E-state index in [-0.39, 0.29) is 17.4 Å². The lowest BCUT2D eigenvalue weighted by atomic mass is 10.0. The molecule has 9 heteroatoms. The average Bonchev–Trinajstić information content (AvgIpc) is 3.66. The summed E-state index contributed by atoms with van der Waals surface area (Å²) >= 11 is 0. The molecule has 0 saturated heterocycles. The molecule has 4 aromatic heterocycles. The van der Waals surface area contributed by atoms with Crippen LogP contribution >= 0.6 is 0 Å². The lowest BCUT2D eigenvalue weighted by Gasteiger charge is -2.18. The molecule has 0 aliphatic heterocycles. The zero-order chi connectivity index (χ0) is 30.5. The third kappa shape index (κ3) is 4.44. The summed E-state index contributed by atoms with van der Waals surface area (Å²) in [5.41, 5.74) is 14.0. The summed E-state index contributed by atoms with van der Waals surface area (Å²) in [4.78, 5) is 30.7. The smallest absolute Gasteiger partial charge is 0.165 e. The van der Waals surface area contributed by atoms with Crippen LogP contribution in [0.25, 0.3) is 50.3 Å². The molecule has 0 amide bonds. The number of aromatic nitrogens is 5. The first-order valence-corrected chi connectivity index (χ1v) is 14.7. The van der Waals surface area contributed by atoms with E-state index < -0.39 is 0 Å². The zero-order valence-corrected chi connectivity index (χ0v) is 24.1. The number of benzene rings is 3. The van der Waals surface area contributed by atoms with E-state index in [1.54, 1.807) is 24.5 Å². The van der Waals surface area contributed by atoms with Gasteiger partial charge in [0.25, 0.3) is 0 Å². The van der Waals surface area contributed by atoms with Gasteiger partial charge in [0.15, 0.2) is 17.8 Å². The molecule has 3 aromatic carbocycles. The van der Waals surface area contributed by atoms with Gasteiger partial charge >= 0.3 is 0 Å². The Morgan fingerprint density at radius 3 is 2.62 bits per heavy atom. The molecule has 0 unspecified atom stereocenters. The Morgan fingerprint density at radius 1 is 0.889 bits per heavy atom. The number of imidazole rings is 1. The number of phenols is 1. The van der Waals surface area contributed by atoms with Gasteiger partial charge in [-0.25, -0.2) is 19.9 Å².